The minimum Gasteiger partial charge on any atom is 0 e. The van der Waals surface area contributed by atoms with Gasteiger partial charge in [-0.1, -0.05) is 67.3 Å². The second-order valence-corrected chi connectivity index (χ2v) is 23.4. The molecule has 0 saturated heterocycles. The SMILES string of the molecule is CC(C)c1ccnc(-c2[c-]cc3oc4ccc(-c5ccccc5)cc4c3c2)c1.Cc1cc(-c2[c-]cccc2)nc[c]1[Ge]([CH3])([CH3])[CH3].[Ir]. The summed E-state index contributed by atoms with van der Waals surface area (Å²) in [7, 11) is 0. The second-order valence-electron chi connectivity index (χ2n) is 12.8. The van der Waals surface area contributed by atoms with Gasteiger partial charge in [0.25, 0.3) is 0 Å². The molecule has 3 nitrogen and oxygen atoms in total. The standard InChI is InChI=1S/C26H20NO.C15H18GeN.Ir/c1-17(2)19-12-13-27-24(16-19)21-9-11-26-23(15-21)22-14-20(8-10-25(22)28-26)18-6-4-3-5-7-18;1-12-10-15(13-8-6-5-7-9-13)17-11-14(12)16(2,3)4;/h3-8,10-17H,1-2H3;5-8,10-11H,1-4H3;/q2*-1;. The summed E-state index contributed by atoms with van der Waals surface area (Å²) in [6, 6.07) is 41.8. The van der Waals surface area contributed by atoms with Crippen LogP contribution in [0.3, 0.4) is 0 Å². The Balaban J connectivity index is 0.000000200. The van der Waals surface area contributed by atoms with Crippen LogP contribution in [0.2, 0.25) is 17.3 Å². The predicted octanol–water partition coefficient (Wildman–Crippen LogP) is 10.6. The molecule has 3 aromatic heterocycles. The van der Waals surface area contributed by atoms with Crippen molar-refractivity contribution < 1.29 is 24.5 Å². The molecule has 0 amide bonds. The molecular weight excluding hydrogens is 801 g/mol. The van der Waals surface area contributed by atoms with Gasteiger partial charge in [0.2, 0.25) is 0 Å². The fourth-order valence-electron chi connectivity index (χ4n) is 5.67. The fourth-order valence-corrected chi connectivity index (χ4v) is 9.25. The molecule has 1 radical (unpaired) electrons. The Morgan fingerprint density at radius 1 is 0.696 bits per heavy atom. The van der Waals surface area contributed by atoms with Gasteiger partial charge in [-0.25, -0.2) is 0 Å². The van der Waals surface area contributed by atoms with Crippen LogP contribution in [-0.4, -0.2) is 23.2 Å². The molecule has 7 rings (SSSR count). The Bertz CT molecular complexity index is 2080. The van der Waals surface area contributed by atoms with Gasteiger partial charge < -0.3 is 9.40 Å². The summed E-state index contributed by atoms with van der Waals surface area (Å²) >= 11 is -1.77. The normalized spacial score (nSPS) is 11.3. The van der Waals surface area contributed by atoms with Gasteiger partial charge in [0.05, 0.1) is 5.58 Å². The third kappa shape index (κ3) is 7.42. The molecule has 46 heavy (non-hydrogen) atoms. The molecular formula is C41H38GeIrN2O-2. The van der Waals surface area contributed by atoms with E-state index in [0.717, 1.165) is 44.5 Å². The van der Waals surface area contributed by atoms with Crippen molar-refractivity contribution in [3.63, 3.8) is 0 Å². The van der Waals surface area contributed by atoms with Crippen LogP contribution in [-0.2, 0) is 20.1 Å². The van der Waals surface area contributed by atoms with E-state index in [1.807, 2.05) is 36.5 Å². The number of furan rings is 1. The molecule has 0 aliphatic heterocycles. The number of pyridine rings is 2. The van der Waals surface area contributed by atoms with Gasteiger partial charge in [-0.15, -0.1) is 23.8 Å². The summed E-state index contributed by atoms with van der Waals surface area (Å²) in [6.07, 6.45) is 3.95. The van der Waals surface area contributed by atoms with Crippen molar-refractivity contribution in [2.45, 2.75) is 44.0 Å². The van der Waals surface area contributed by atoms with Crippen molar-refractivity contribution in [3.05, 3.63) is 139 Å². The zero-order valence-corrected chi connectivity index (χ0v) is 31.7. The number of aromatic nitrogens is 2. The molecule has 0 N–H and O–H groups in total. The van der Waals surface area contributed by atoms with Crippen LogP contribution in [0.1, 0.15) is 30.9 Å². The van der Waals surface area contributed by atoms with Crippen LogP contribution in [0.4, 0.5) is 0 Å². The maximum Gasteiger partial charge on any atom is 0 e. The van der Waals surface area contributed by atoms with Gasteiger partial charge in [-0.3, -0.25) is 0 Å². The van der Waals surface area contributed by atoms with Crippen LogP contribution in [0.25, 0.3) is 55.6 Å². The fraction of sp³-hybridized carbons (Fsp3) is 0.171. The Hall–Kier alpha value is -3.83. The number of hydrogen-bond acceptors (Lipinski definition) is 3. The van der Waals surface area contributed by atoms with Crippen molar-refractivity contribution in [3.8, 4) is 33.6 Å². The molecule has 0 fully saturated rings. The zero-order chi connectivity index (χ0) is 31.6. The molecule has 0 saturated carbocycles. The van der Waals surface area contributed by atoms with E-state index in [1.54, 1.807) is 0 Å². The number of aryl methyl sites for hydroxylation is 1. The first-order chi connectivity index (χ1) is 21.7. The summed E-state index contributed by atoms with van der Waals surface area (Å²) in [5.41, 5.74) is 10.8. The van der Waals surface area contributed by atoms with Gasteiger partial charge in [-0.2, -0.15) is 0 Å². The minimum absolute atomic E-state index is 0. The van der Waals surface area contributed by atoms with Crippen LogP contribution >= 0.6 is 0 Å². The Labute approximate surface area is 288 Å². The number of hydrogen-bond donors (Lipinski definition) is 0. The first-order valence-corrected chi connectivity index (χ1v) is 22.9. The number of nitrogens with zero attached hydrogens (tertiary/aromatic N) is 2. The molecule has 7 aromatic rings. The first-order valence-electron chi connectivity index (χ1n) is 15.5. The van der Waals surface area contributed by atoms with Crippen molar-refractivity contribution in [1.82, 2.24) is 9.97 Å². The number of benzene rings is 4. The van der Waals surface area contributed by atoms with Crippen LogP contribution in [0.5, 0.6) is 0 Å². The third-order valence-corrected chi connectivity index (χ3v) is 12.6. The largest absolute Gasteiger partial charge is 0 e. The second kappa shape index (κ2) is 14.3. The molecule has 0 aliphatic carbocycles. The van der Waals surface area contributed by atoms with Gasteiger partial charge in [-0.05, 0) is 40.9 Å². The Morgan fingerprint density at radius 2 is 1.43 bits per heavy atom. The average molecular weight is 840 g/mol. The Kier molecular flexibility index (Phi) is 10.4. The van der Waals surface area contributed by atoms with E-state index in [4.69, 9.17) is 4.42 Å². The van der Waals surface area contributed by atoms with Gasteiger partial charge >= 0.3 is 106 Å². The summed E-state index contributed by atoms with van der Waals surface area (Å²) in [6.45, 7) is 6.58. The van der Waals surface area contributed by atoms with Crippen molar-refractivity contribution in [2.24, 2.45) is 0 Å². The molecule has 3 heterocycles. The van der Waals surface area contributed by atoms with Crippen LogP contribution in [0, 0.1) is 19.1 Å². The molecule has 0 bridgehead atoms. The summed E-state index contributed by atoms with van der Waals surface area (Å²) in [4.78, 5) is 9.16. The molecule has 0 spiro atoms. The number of fused-ring (bicyclic) bond motifs is 3. The maximum absolute atomic E-state index is 6.04. The van der Waals surface area contributed by atoms with Crippen LogP contribution in [0.15, 0.2) is 120 Å². The van der Waals surface area contributed by atoms with Gasteiger partial charge in [0.1, 0.15) is 5.58 Å². The first kappa shape index (κ1) is 33.5. The predicted molar refractivity (Wildman–Crippen MR) is 192 cm³/mol. The smallest absolute Gasteiger partial charge is 0 e. The quantitative estimate of drug-likeness (QED) is 0.128. The van der Waals surface area contributed by atoms with E-state index >= 15 is 0 Å². The van der Waals surface area contributed by atoms with Gasteiger partial charge in [0.15, 0.2) is 0 Å². The number of rotatable bonds is 5. The van der Waals surface area contributed by atoms with Crippen molar-refractivity contribution >= 4 is 39.6 Å². The monoisotopic (exact) mass is 841 g/mol. The topological polar surface area (TPSA) is 38.9 Å². The summed E-state index contributed by atoms with van der Waals surface area (Å²) < 4.78 is 7.53. The minimum atomic E-state index is -1.77. The summed E-state index contributed by atoms with van der Waals surface area (Å²) in [5.74, 6) is 7.67. The van der Waals surface area contributed by atoms with Gasteiger partial charge in [0, 0.05) is 31.7 Å². The van der Waals surface area contributed by atoms with E-state index in [2.05, 4.69) is 139 Å². The molecule has 0 unspecified atom stereocenters. The Morgan fingerprint density at radius 3 is 2.13 bits per heavy atom. The maximum atomic E-state index is 6.04. The zero-order valence-electron chi connectivity index (χ0n) is 27.2. The molecule has 4 aromatic carbocycles. The molecule has 5 heteroatoms. The third-order valence-electron chi connectivity index (χ3n) is 8.14. The molecule has 0 aliphatic rings. The molecule has 233 valence electrons. The van der Waals surface area contributed by atoms with E-state index in [1.165, 1.54) is 26.6 Å². The summed E-state index contributed by atoms with van der Waals surface area (Å²) in [5, 5.41) is 2.21. The van der Waals surface area contributed by atoms with Crippen LogP contribution < -0.4 is 4.40 Å². The average Bonchev–Trinajstić information content (AvgIpc) is 3.42. The van der Waals surface area contributed by atoms with E-state index in [0.29, 0.717) is 5.92 Å². The van der Waals surface area contributed by atoms with Crippen molar-refractivity contribution in [1.29, 1.82) is 0 Å². The van der Waals surface area contributed by atoms with Crippen molar-refractivity contribution in [2.75, 3.05) is 0 Å². The van der Waals surface area contributed by atoms with E-state index in [-0.39, 0.29) is 20.1 Å². The van der Waals surface area contributed by atoms with E-state index in [9.17, 15) is 0 Å². The molecule has 0 atom stereocenters. The van der Waals surface area contributed by atoms with E-state index < -0.39 is 13.3 Å².